The zero-order chi connectivity index (χ0) is 27.4. The zero-order valence-corrected chi connectivity index (χ0v) is 23.6. The van der Waals surface area contributed by atoms with Gasteiger partial charge in [0.05, 0.1) is 17.4 Å². The largest absolute Gasteiger partial charge is 0.353 e. The molecule has 0 radical (unpaired) electrons. The lowest BCUT2D eigenvalue weighted by Gasteiger charge is -2.34. The number of nitrogens with one attached hydrogen (secondary N) is 2. The molecule has 2 aliphatic heterocycles. The molecule has 0 aromatic heterocycles. The highest BCUT2D eigenvalue weighted by molar-refractivity contribution is 7.89. The van der Waals surface area contributed by atoms with E-state index in [1.807, 2.05) is 6.92 Å². The van der Waals surface area contributed by atoms with E-state index in [-0.39, 0.29) is 36.4 Å². The van der Waals surface area contributed by atoms with E-state index in [2.05, 4.69) is 33.7 Å². The molecular formula is C30H40N4O4S. The van der Waals surface area contributed by atoms with Gasteiger partial charge in [0.2, 0.25) is 21.8 Å². The quantitative estimate of drug-likeness (QED) is 0.548. The van der Waals surface area contributed by atoms with E-state index in [1.165, 1.54) is 41.1 Å². The Hall–Kier alpha value is -2.75. The van der Waals surface area contributed by atoms with Crippen LogP contribution < -0.4 is 10.6 Å². The molecule has 0 unspecified atom stereocenters. The number of aryl methyl sites for hydroxylation is 2. The number of sulfonamides is 1. The lowest BCUT2D eigenvalue weighted by molar-refractivity contribution is -0.132. The van der Waals surface area contributed by atoms with Crippen LogP contribution in [0, 0.1) is 6.92 Å². The molecule has 2 fully saturated rings. The number of rotatable bonds is 7. The zero-order valence-electron chi connectivity index (χ0n) is 22.8. The van der Waals surface area contributed by atoms with Crippen LogP contribution in [0.3, 0.4) is 0 Å². The normalized spacial score (nSPS) is 22.9. The molecule has 3 aliphatic rings. The van der Waals surface area contributed by atoms with Gasteiger partial charge < -0.3 is 10.6 Å². The number of hydrogen-bond acceptors (Lipinski definition) is 5. The second-order valence-corrected chi connectivity index (χ2v) is 13.1. The number of amides is 2. The SMILES string of the molecule is Cc1ccc(S(=O)(=O)N2CCNC(=O)[C@H]2CC(=O)N[C@@H]2CCCc3cc(CN4CCCCCC4)ccc32)cc1. The van der Waals surface area contributed by atoms with E-state index >= 15 is 0 Å². The summed E-state index contributed by atoms with van der Waals surface area (Å²) in [4.78, 5) is 28.7. The van der Waals surface area contributed by atoms with Gasteiger partial charge in [-0.05, 0) is 80.9 Å². The fourth-order valence-corrected chi connectivity index (χ4v) is 7.71. The monoisotopic (exact) mass is 552 g/mol. The van der Waals surface area contributed by atoms with Gasteiger partial charge in [-0.2, -0.15) is 4.31 Å². The Morgan fingerprint density at radius 1 is 1.00 bits per heavy atom. The van der Waals surface area contributed by atoms with Crippen molar-refractivity contribution in [3.05, 3.63) is 64.7 Å². The third-order valence-corrected chi connectivity index (χ3v) is 10.2. The van der Waals surface area contributed by atoms with Gasteiger partial charge in [-0.25, -0.2) is 8.42 Å². The molecule has 2 atom stereocenters. The minimum absolute atomic E-state index is 0.130. The van der Waals surface area contributed by atoms with E-state index in [1.54, 1.807) is 24.3 Å². The molecule has 8 nitrogen and oxygen atoms in total. The van der Waals surface area contributed by atoms with Crippen molar-refractivity contribution >= 4 is 21.8 Å². The predicted molar refractivity (Wildman–Crippen MR) is 150 cm³/mol. The van der Waals surface area contributed by atoms with Gasteiger partial charge in [-0.15, -0.1) is 0 Å². The average Bonchev–Trinajstić information content (AvgIpc) is 3.19. The summed E-state index contributed by atoms with van der Waals surface area (Å²) < 4.78 is 28.0. The molecule has 0 saturated carbocycles. The standard InChI is InChI=1S/C30H40N4O4S/c1-22-9-12-25(13-10-22)39(37,38)34-18-15-31-30(36)28(34)20-29(35)32-27-8-6-7-24-19-23(11-14-26(24)27)21-33-16-4-2-3-5-17-33/h9-14,19,27-28H,2-8,15-18,20-21H2,1H3,(H,31,36)(H,32,35)/t27-,28-/m1/s1. The molecule has 2 aromatic rings. The van der Waals surface area contributed by atoms with E-state index < -0.39 is 22.0 Å². The Labute approximate surface area is 232 Å². The van der Waals surface area contributed by atoms with Crippen LogP contribution in [0.1, 0.15) is 73.2 Å². The Balaban J connectivity index is 1.27. The van der Waals surface area contributed by atoms with E-state index in [4.69, 9.17) is 0 Å². The van der Waals surface area contributed by atoms with Crippen molar-refractivity contribution in [1.29, 1.82) is 0 Å². The maximum atomic E-state index is 13.4. The Morgan fingerprint density at radius 3 is 2.49 bits per heavy atom. The van der Waals surface area contributed by atoms with Crippen LogP contribution in [0.2, 0.25) is 0 Å². The first-order valence-electron chi connectivity index (χ1n) is 14.3. The maximum absolute atomic E-state index is 13.4. The Kier molecular flexibility index (Phi) is 8.69. The van der Waals surface area contributed by atoms with Crippen molar-refractivity contribution in [2.75, 3.05) is 26.2 Å². The van der Waals surface area contributed by atoms with Crippen LogP contribution in [-0.2, 0) is 32.6 Å². The summed E-state index contributed by atoms with van der Waals surface area (Å²) in [5.74, 6) is -0.748. The molecule has 2 saturated heterocycles. The number of hydrogen-bond donors (Lipinski definition) is 2. The first-order chi connectivity index (χ1) is 18.8. The van der Waals surface area contributed by atoms with Gasteiger partial charge in [-0.3, -0.25) is 14.5 Å². The molecule has 9 heteroatoms. The lowest BCUT2D eigenvalue weighted by atomic mass is 9.86. The molecule has 0 bridgehead atoms. The number of carbonyl (C=O) groups is 2. The van der Waals surface area contributed by atoms with Crippen LogP contribution in [0.5, 0.6) is 0 Å². The molecule has 0 spiro atoms. The van der Waals surface area contributed by atoms with Gasteiger partial charge in [0, 0.05) is 19.6 Å². The van der Waals surface area contributed by atoms with Gasteiger partial charge in [-0.1, -0.05) is 48.7 Å². The van der Waals surface area contributed by atoms with Gasteiger partial charge in [0.15, 0.2) is 0 Å². The van der Waals surface area contributed by atoms with Crippen LogP contribution >= 0.6 is 0 Å². The van der Waals surface area contributed by atoms with Crippen LogP contribution in [-0.4, -0.2) is 61.7 Å². The number of fused-ring (bicyclic) bond motifs is 1. The van der Waals surface area contributed by atoms with Crippen molar-refractivity contribution in [2.24, 2.45) is 0 Å². The third-order valence-electron chi connectivity index (χ3n) is 8.25. The summed E-state index contributed by atoms with van der Waals surface area (Å²) in [7, 11) is -3.92. The van der Waals surface area contributed by atoms with Crippen LogP contribution in [0.25, 0.3) is 0 Å². The smallest absolute Gasteiger partial charge is 0.243 e. The van der Waals surface area contributed by atoms with Gasteiger partial charge in [0.1, 0.15) is 6.04 Å². The fraction of sp³-hybridized carbons (Fsp3) is 0.533. The number of carbonyl (C=O) groups excluding carboxylic acids is 2. The molecule has 1 aliphatic carbocycles. The summed E-state index contributed by atoms with van der Waals surface area (Å²) in [6, 6.07) is 12.0. The van der Waals surface area contributed by atoms with Crippen molar-refractivity contribution in [1.82, 2.24) is 19.8 Å². The third kappa shape index (κ3) is 6.53. The number of benzene rings is 2. The highest BCUT2D eigenvalue weighted by Crippen LogP contribution is 2.31. The van der Waals surface area contributed by atoms with Crippen LogP contribution in [0.4, 0.5) is 0 Å². The summed E-state index contributed by atoms with van der Waals surface area (Å²) in [5.41, 5.74) is 4.67. The first kappa shape index (κ1) is 27.8. The van der Waals surface area contributed by atoms with Gasteiger partial charge >= 0.3 is 0 Å². The predicted octanol–water partition coefficient (Wildman–Crippen LogP) is 3.44. The summed E-state index contributed by atoms with van der Waals surface area (Å²) in [6.07, 6.45) is 7.75. The Bertz CT molecular complexity index is 1290. The van der Waals surface area contributed by atoms with Crippen LogP contribution in [0.15, 0.2) is 47.4 Å². The summed E-state index contributed by atoms with van der Waals surface area (Å²) in [5, 5.41) is 5.85. The minimum Gasteiger partial charge on any atom is -0.353 e. The number of piperazine rings is 1. The van der Waals surface area contributed by atoms with E-state index in [0.29, 0.717) is 0 Å². The number of likely N-dealkylation sites (tertiary alicyclic amines) is 1. The van der Waals surface area contributed by atoms with Crippen molar-refractivity contribution in [3.63, 3.8) is 0 Å². The molecule has 5 rings (SSSR count). The van der Waals surface area contributed by atoms with E-state index in [0.717, 1.165) is 50.0 Å². The maximum Gasteiger partial charge on any atom is 0.243 e. The van der Waals surface area contributed by atoms with Crippen molar-refractivity contribution in [3.8, 4) is 0 Å². The van der Waals surface area contributed by atoms with Crippen molar-refractivity contribution < 1.29 is 18.0 Å². The number of nitrogens with zero attached hydrogens (tertiary/aromatic N) is 2. The average molecular weight is 553 g/mol. The Morgan fingerprint density at radius 2 is 1.74 bits per heavy atom. The highest BCUT2D eigenvalue weighted by Gasteiger charge is 2.40. The second kappa shape index (κ2) is 12.2. The highest BCUT2D eigenvalue weighted by atomic mass is 32.2. The molecule has 2 amide bonds. The minimum atomic E-state index is -3.92. The molecule has 210 valence electrons. The second-order valence-electron chi connectivity index (χ2n) is 11.2. The molecule has 39 heavy (non-hydrogen) atoms. The van der Waals surface area contributed by atoms with E-state index in [9.17, 15) is 18.0 Å². The summed E-state index contributed by atoms with van der Waals surface area (Å²) >= 11 is 0. The lowest BCUT2D eigenvalue weighted by Crippen LogP contribution is -2.58. The van der Waals surface area contributed by atoms with Crippen molar-refractivity contribution in [2.45, 2.75) is 81.8 Å². The molecule has 2 heterocycles. The summed E-state index contributed by atoms with van der Waals surface area (Å²) in [6.45, 7) is 5.51. The molecule has 2 N–H and O–H groups in total. The fourth-order valence-electron chi connectivity index (χ4n) is 6.12. The first-order valence-corrected chi connectivity index (χ1v) is 15.7. The molecule has 2 aromatic carbocycles. The van der Waals surface area contributed by atoms with Gasteiger partial charge in [0.25, 0.3) is 0 Å². The molecular weight excluding hydrogens is 512 g/mol. The topological polar surface area (TPSA) is 98.8 Å².